The molecule has 0 saturated heterocycles. The summed E-state index contributed by atoms with van der Waals surface area (Å²) in [6.45, 7) is 0. The van der Waals surface area contributed by atoms with Crippen molar-refractivity contribution in [3.05, 3.63) is 176 Å². The lowest BCUT2D eigenvalue weighted by Crippen LogP contribution is -1.93. The number of hydrogen-bond acceptors (Lipinski definition) is 2. The van der Waals surface area contributed by atoms with Gasteiger partial charge in [0.2, 0.25) is 0 Å². The molecule has 0 aliphatic carbocycles. The second-order valence-electron chi connectivity index (χ2n) is 13.3. The summed E-state index contributed by atoms with van der Waals surface area (Å²) >= 11 is 1.88. The highest BCUT2D eigenvalue weighted by Gasteiger charge is 2.15. The molecule has 11 rings (SSSR count). The van der Waals surface area contributed by atoms with Crippen LogP contribution in [0.25, 0.3) is 103 Å². The van der Waals surface area contributed by atoms with Crippen molar-refractivity contribution in [1.82, 2.24) is 4.57 Å². The van der Waals surface area contributed by atoms with Crippen molar-refractivity contribution >= 4 is 75.3 Å². The molecule has 0 amide bonds. The van der Waals surface area contributed by atoms with Crippen LogP contribution in [-0.2, 0) is 0 Å². The quantitative estimate of drug-likeness (QED) is 0.183. The first-order valence-electron chi connectivity index (χ1n) is 17.3. The minimum Gasteiger partial charge on any atom is -0.456 e. The van der Waals surface area contributed by atoms with Crippen molar-refractivity contribution in [2.45, 2.75) is 0 Å². The first-order valence-corrected chi connectivity index (χ1v) is 18.1. The predicted octanol–water partition coefficient (Wildman–Crippen LogP) is 14.1. The predicted molar refractivity (Wildman–Crippen MR) is 217 cm³/mol. The maximum absolute atomic E-state index is 6.10. The average Bonchev–Trinajstić information content (AvgIpc) is 3.87. The van der Waals surface area contributed by atoms with Gasteiger partial charge in [0.25, 0.3) is 0 Å². The van der Waals surface area contributed by atoms with Crippen LogP contribution in [-0.4, -0.2) is 4.57 Å². The number of thiophene rings is 1. The summed E-state index contributed by atoms with van der Waals surface area (Å²) in [6.07, 6.45) is 0. The van der Waals surface area contributed by atoms with Gasteiger partial charge >= 0.3 is 0 Å². The molecule has 3 heteroatoms. The third-order valence-electron chi connectivity index (χ3n) is 10.4. The normalized spacial score (nSPS) is 11.9. The maximum Gasteiger partial charge on any atom is 0.135 e. The van der Waals surface area contributed by atoms with Gasteiger partial charge in [-0.1, -0.05) is 121 Å². The first-order chi connectivity index (χ1) is 25.3. The number of rotatable bonds is 4. The van der Waals surface area contributed by atoms with Crippen LogP contribution in [0.5, 0.6) is 0 Å². The lowest BCUT2D eigenvalue weighted by molar-refractivity contribution is 0.669. The van der Waals surface area contributed by atoms with Crippen LogP contribution in [0.4, 0.5) is 0 Å². The van der Waals surface area contributed by atoms with Crippen LogP contribution in [0, 0.1) is 0 Å². The molecule has 0 aliphatic rings. The molecule has 51 heavy (non-hydrogen) atoms. The molecule has 0 fully saturated rings. The van der Waals surface area contributed by atoms with Gasteiger partial charge in [0.1, 0.15) is 11.2 Å². The monoisotopic (exact) mass is 667 g/mol. The van der Waals surface area contributed by atoms with E-state index in [1.807, 2.05) is 23.5 Å². The van der Waals surface area contributed by atoms with Crippen molar-refractivity contribution in [3.63, 3.8) is 0 Å². The Morgan fingerprint density at radius 2 is 0.961 bits per heavy atom. The van der Waals surface area contributed by atoms with E-state index >= 15 is 0 Å². The molecule has 0 spiro atoms. The smallest absolute Gasteiger partial charge is 0.135 e. The van der Waals surface area contributed by atoms with Gasteiger partial charge in [0.15, 0.2) is 0 Å². The minimum atomic E-state index is 0.918. The molecule has 0 saturated carbocycles. The summed E-state index contributed by atoms with van der Waals surface area (Å²) < 4.78 is 11.2. The van der Waals surface area contributed by atoms with Crippen LogP contribution in [0.3, 0.4) is 0 Å². The number of para-hydroxylation sites is 2. The third kappa shape index (κ3) is 4.42. The molecule has 8 aromatic carbocycles. The van der Waals surface area contributed by atoms with Gasteiger partial charge < -0.3 is 8.98 Å². The van der Waals surface area contributed by atoms with E-state index < -0.39 is 0 Å². The van der Waals surface area contributed by atoms with Crippen LogP contribution >= 0.6 is 11.3 Å². The van der Waals surface area contributed by atoms with E-state index in [1.165, 1.54) is 75.4 Å². The van der Waals surface area contributed by atoms with Crippen molar-refractivity contribution < 1.29 is 4.42 Å². The topological polar surface area (TPSA) is 18.1 Å². The molecule has 0 unspecified atom stereocenters. The molecule has 0 aliphatic heterocycles. The van der Waals surface area contributed by atoms with Crippen molar-refractivity contribution in [2.24, 2.45) is 0 Å². The Morgan fingerprint density at radius 3 is 1.80 bits per heavy atom. The van der Waals surface area contributed by atoms with Crippen LogP contribution in [0.15, 0.2) is 180 Å². The zero-order valence-electron chi connectivity index (χ0n) is 27.5. The summed E-state index contributed by atoms with van der Waals surface area (Å²) in [6, 6.07) is 63.8. The number of nitrogens with zero attached hydrogens (tertiary/aromatic N) is 1. The Balaban J connectivity index is 0.953. The van der Waals surface area contributed by atoms with Gasteiger partial charge in [-0.05, 0) is 88.0 Å². The maximum atomic E-state index is 6.10. The Hall–Kier alpha value is -6.42. The molecular formula is C48H29NOS. The van der Waals surface area contributed by atoms with E-state index in [1.54, 1.807) is 0 Å². The second-order valence-corrected chi connectivity index (χ2v) is 14.4. The standard InChI is InChI=1S/C48H29NOS/c1-4-13-43-37(8-1)41-28-33(34-23-27-46-42(29-34)38-9-2-5-14-45(38)50-46)22-26-44(41)49(43)35-24-20-31(21-25-35)30-16-18-32(19-17-30)36-11-7-12-40-39-10-3-6-15-47(39)51-48(36)40/h1-29H. The fourth-order valence-corrected chi connectivity index (χ4v) is 9.19. The van der Waals surface area contributed by atoms with Crippen LogP contribution in [0.2, 0.25) is 0 Å². The van der Waals surface area contributed by atoms with Gasteiger partial charge in [-0.3, -0.25) is 0 Å². The van der Waals surface area contributed by atoms with Gasteiger partial charge in [0, 0.05) is 47.4 Å². The Labute approximate surface area is 298 Å². The molecule has 11 aromatic rings. The number of hydrogen-bond donors (Lipinski definition) is 0. The van der Waals surface area contributed by atoms with Gasteiger partial charge in [-0.2, -0.15) is 0 Å². The fraction of sp³-hybridized carbons (Fsp3) is 0. The number of fused-ring (bicyclic) bond motifs is 9. The van der Waals surface area contributed by atoms with Gasteiger partial charge in [-0.15, -0.1) is 11.3 Å². The highest BCUT2D eigenvalue weighted by Crippen LogP contribution is 2.41. The summed E-state index contributed by atoms with van der Waals surface area (Å²) in [5, 5.41) is 7.45. The van der Waals surface area contributed by atoms with Gasteiger partial charge in [-0.25, -0.2) is 0 Å². The summed E-state index contributed by atoms with van der Waals surface area (Å²) in [4.78, 5) is 0. The molecule has 3 heterocycles. The van der Waals surface area contributed by atoms with Crippen molar-refractivity contribution in [1.29, 1.82) is 0 Å². The second kappa shape index (κ2) is 11.0. The summed E-state index contributed by atoms with van der Waals surface area (Å²) in [5.41, 5.74) is 12.7. The molecule has 0 N–H and O–H groups in total. The van der Waals surface area contributed by atoms with Crippen LogP contribution in [0.1, 0.15) is 0 Å². The number of furan rings is 1. The van der Waals surface area contributed by atoms with Crippen molar-refractivity contribution in [2.75, 3.05) is 0 Å². The summed E-state index contributed by atoms with van der Waals surface area (Å²) in [7, 11) is 0. The Morgan fingerprint density at radius 1 is 0.373 bits per heavy atom. The molecule has 0 bridgehead atoms. The Kier molecular flexibility index (Phi) is 6.16. The molecule has 0 atom stereocenters. The largest absolute Gasteiger partial charge is 0.456 e. The lowest BCUT2D eigenvalue weighted by atomic mass is 9.99. The molecule has 3 aromatic heterocycles. The molecule has 0 radical (unpaired) electrons. The Bertz CT molecular complexity index is 3120. The average molecular weight is 668 g/mol. The van der Waals surface area contributed by atoms with E-state index in [2.05, 4.69) is 168 Å². The van der Waals surface area contributed by atoms with E-state index in [0.717, 1.165) is 27.6 Å². The van der Waals surface area contributed by atoms with E-state index in [-0.39, 0.29) is 0 Å². The minimum absolute atomic E-state index is 0.918. The highest BCUT2D eigenvalue weighted by molar-refractivity contribution is 7.26. The molecule has 238 valence electrons. The zero-order chi connectivity index (χ0) is 33.5. The van der Waals surface area contributed by atoms with E-state index in [9.17, 15) is 0 Å². The van der Waals surface area contributed by atoms with Crippen LogP contribution < -0.4 is 0 Å². The highest BCUT2D eigenvalue weighted by atomic mass is 32.1. The SMILES string of the molecule is c1ccc2c(c1)oc1ccc(-c3ccc4c(c3)c3ccccc3n4-c3ccc(-c4ccc(-c5cccc6c5sc5ccccc56)cc4)cc3)cc12. The lowest BCUT2D eigenvalue weighted by Gasteiger charge is -2.10. The number of benzene rings is 8. The third-order valence-corrected chi connectivity index (χ3v) is 11.7. The zero-order valence-corrected chi connectivity index (χ0v) is 28.3. The van der Waals surface area contributed by atoms with E-state index in [4.69, 9.17) is 4.42 Å². The molecular weight excluding hydrogens is 639 g/mol. The van der Waals surface area contributed by atoms with Gasteiger partial charge in [0.05, 0.1) is 11.0 Å². The van der Waals surface area contributed by atoms with E-state index in [0.29, 0.717) is 0 Å². The van der Waals surface area contributed by atoms with Crippen molar-refractivity contribution in [3.8, 4) is 39.1 Å². The number of aromatic nitrogens is 1. The first kappa shape index (κ1) is 28.4. The fourth-order valence-electron chi connectivity index (χ4n) is 7.96. The molecule has 2 nitrogen and oxygen atoms in total. The summed E-state index contributed by atoms with van der Waals surface area (Å²) in [5.74, 6) is 0.